The Labute approximate surface area is 217 Å². The van der Waals surface area contributed by atoms with E-state index in [0.717, 1.165) is 5.56 Å². The van der Waals surface area contributed by atoms with Crippen molar-refractivity contribution in [1.29, 1.82) is 0 Å². The normalized spacial score (nSPS) is 14.2. The first-order valence-electron chi connectivity index (χ1n) is 12.0. The number of amides is 3. The fourth-order valence-corrected chi connectivity index (χ4v) is 3.33. The van der Waals surface area contributed by atoms with Gasteiger partial charge in [0.25, 0.3) is 0 Å². The molecule has 1 fully saturated rings. The molecule has 1 aromatic carbocycles. The van der Waals surface area contributed by atoms with Crippen LogP contribution in [0.5, 0.6) is 0 Å². The summed E-state index contributed by atoms with van der Waals surface area (Å²) in [5.41, 5.74) is -0.135. The Morgan fingerprint density at radius 3 is 2.05 bits per heavy atom. The minimum absolute atomic E-state index is 0.0209. The molecule has 0 aliphatic carbocycles. The number of hydrogen-bond acceptors (Lipinski definition) is 8. The summed E-state index contributed by atoms with van der Waals surface area (Å²) in [7, 11) is 0. The Kier molecular flexibility index (Phi) is 8.46. The second-order valence-electron chi connectivity index (χ2n) is 10.5. The van der Waals surface area contributed by atoms with Gasteiger partial charge in [0, 0.05) is 6.54 Å². The third kappa shape index (κ3) is 8.55. The molecule has 1 aromatic heterocycles. The van der Waals surface area contributed by atoms with Gasteiger partial charge in [0.1, 0.15) is 30.3 Å². The van der Waals surface area contributed by atoms with E-state index >= 15 is 0 Å². The molecule has 3 rings (SSSR count). The number of nitrogens with one attached hydrogen (secondary N) is 1. The van der Waals surface area contributed by atoms with Gasteiger partial charge in [-0.2, -0.15) is 5.01 Å². The van der Waals surface area contributed by atoms with E-state index in [0.29, 0.717) is 18.1 Å². The van der Waals surface area contributed by atoms with Crippen molar-refractivity contribution in [3.8, 4) is 0 Å². The zero-order valence-corrected chi connectivity index (χ0v) is 22.2. The van der Waals surface area contributed by atoms with E-state index in [-0.39, 0.29) is 19.8 Å². The maximum atomic E-state index is 13.0. The van der Waals surface area contributed by atoms with Gasteiger partial charge in [-0.1, -0.05) is 30.3 Å². The van der Waals surface area contributed by atoms with Crippen LogP contribution in [0, 0.1) is 0 Å². The second kappa shape index (κ2) is 11.4. The summed E-state index contributed by atoms with van der Waals surface area (Å²) in [5.74, 6) is 0.556. The van der Waals surface area contributed by atoms with Gasteiger partial charge >= 0.3 is 18.3 Å². The predicted octanol–water partition coefficient (Wildman–Crippen LogP) is 5.00. The van der Waals surface area contributed by atoms with Crippen LogP contribution in [-0.2, 0) is 20.8 Å². The van der Waals surface area contributed by atoms with Crippen LogP contribution in [0.2, 0.25) is 0 Å². The van der Waals surface area contributed by atoms with Gasteiger partial charge in [-0.05, 0) is 59.2 Å². The summed E-state index contributed by atoms with van der Waals surface area (Å²) < 4.78 is 16.2. The number of rotatable bonds is 4. The highest BCUT2D eigenvalue weighted by Gasteiger charge is 2.37. The van der Waals surface area contributed by atoms with Crippen LogP contribution in [0.3, 0.4) is 0 Å². The van der Waals surface area contributed by atoms with Crippen LogP contribution in [0.25, 0.3) is 0 Å². The van der Waals surface area contributed by atoms with Crippen molar-refractivity contribution in [3.05, 3.63) is 54.2 Å². The molecule has 0 spiro atoms. The van der Waals surface area contributed by atoms with E-state index in [2.05, 4.69) is 10.3 Å². The molecule has 0 atom stereocenters. The van der Waals surface area contributed by atoms with E-state index < -0.39 is 29.5 Å². The average Bonchev–Trinajstić information content (AvgIpc) is 2.81. The highest BCUT2D eigenvalue weighted by Crippen LogP contribution is 2.22. The Morgan fingerprint density at radius 2 is 1.49 bits per heavy atom. The number of pyridine rings is 1. The number of hydrazine groups is 1. The molecule has 2 heterocycles. The maximum Gasteiger partial charge on any atom is 0.431 e. The molecule has 1 aliphatic heterocycles. The lowest BCUT2D eigenvalue weighted by Crippen LogP contribution is -2.62. The van der Waals surface area contributed by atoms with Crippen molar-refractivity contribution >= 4 is 29.8 Å². The largest absolute Gasteiger partial charge is 0.444 e. The van der Waals surface area contributed by atoms with Gasteiger partial charge in [0.2, 0.25) is 0 Å². The summed E-state index contributed by atoms with van der Waals surface area (Å²) >= 11 is 0. The Balaban J connectivity index is 1.65. The second-order valence-corrected chi connectivity index (χ2v) is 10.5. The van der Waals surface area contributed by atoms with Crippen molar-refractivity contribution in [3.63, 3.8) is 0 Å². The lowest BCUT2D eigenvalue weighted by atomic mass is 10.2. The van der Waals surface area contributed by atoms with Crippen LogP contribution in [-0.4, -0.2) is 64.2 Å². The smallest absolute Gasteiger partial charge is 0.431 e. The van der Waals surface area contributed by atoms with Crippen molar-refractivity contribution in [2.45, 2.75) is 59.4 Å². The first-order chi connectivity index (χ1) is 17.3. The van der Waals surface area contributed by atoms with Crippen LogP contribution in [0.1, 0.15) is 47.1 Å². The van der Waals surface area contributed by atoms with Gasteiger partial charge in [0.15, 0.2) is 0 Å². The summed E-state index contributed by atoms with van der Waals surface area (Å²) in [6, 6.07) is 12.8. The zero-order valence-electron chi connectivity index (χ0n) is 22.2. The number of anilines is 2. The SMILES string of the molecule is CC(C)(C)OC(=O)N1CCN(c2ccc(NC(=O)OCc3ccccc3)cn2)CN1C(=O)OC(C)(C)C. The molecule has 0 bridgehead atoms. The monoisotopic (exact) mass is 513 g/mol. The lowest BCUT2D eigenvalue weighted by molar-refractivity contribution is -0.0701. The molecular weight excluding hydrogens is 478 g/mol. The number of hydrogen-bond donors (Lipinski definition) is 1. The Hall–Kier alpha value is -4.02. The Bertz CT molecular complexity index is 1080. The van der Waals surface area contributed by atoms with Gasteiger partial charge in [-0.15, -0.1) is 0 Å². The van der Waals surface area contributed by atoms with E-state index in [9.17, 15) is 14.4 Å². The van der Waals surface area contributed by atoms with Crippen molar-refractivity contribution in [2.24, 2.45) is 0 Å². The molecule has 0 saturated carbocycles. The molecule has 1 aliphatic rings. The first-order valence-corrected chi connectivity index (χ1v) is 12.0. The zero-order chi connectivity index (χ0) is 27.2. The van der Waals surface area contributed by atoms with Gasteiger partial charge in [-0.3, -0.25) is 5.32 Å². The maximum absolute atomic E-state index is 13.0. The van der Waals surface area contributed by atoms with Crippen molar-refractivity contribution in [2.75, 3.05) is 30.0 Å². The van der Waals surface area contributed by atoms with Gasteiger partial charge in [-0.25, -0.2) is 24.4 Å². The average molecular weight is 514 g/mol. The molecule has 11 nitrogen and oxygen atoms in total. The molecular formula is C26H35N5O6. The molecule has 1 saturated heterocycles. The highest BCUT2D eigenvalue weighted by molar-refractivity contribution is 5.84. The third-order valence-corrected chi connectivity index (χ3v) is 4.92. The minimum atomic E-state index is -0.750. The summed E-state index contributed by atoms with van der Waals surface area (Å²) in [4.78, 5) is 44.1. The summed E-state index contributed by atoms with van der Waals surface area (Å²) in [6.45, 7) is 11.3. The number of carbonyl (C=O) groups is 3. The summed E-state index contributed by atoms with van der Waals surface area (Å²) in [6.07, 6.45) is -0.417. The van der Waals surface area contributed by atoms with E-state index in [1.165, 1.54) is 16.2 Å². The molecule has 200 valence electrons. The van der Waals surface area contributed by atoms with Crippen LogP contribution < -0.4 is 10.2 Å². The molecule has 3 amide bonds. The van der Waals surface area contributed by atoms with Gasteiger partial charge in [0.05, 0.1) is 18.4 Å². The highest BCUT2D eigenvalue weighted by atomic mass is 16.6. The molecule has 0 unspecified atom stereocenters. The van der Waals surface area contributed by atoms with Crippen molar-refractivity contribution < 1.29 is 28.6 Å². The van der Waals surface area contributed by atoms with E-state index in [1.54, 1.807) is 53.7 Å². The number of ether oxygens (including phenoxy) is 3. The van der Waals surface area contributed by atoms with Crippen LogP contribution in [0.15, 0.2) is 48.7 Å². The standard InChI is InChI=1S/C26H35N5O6/c1-25(2,3)36-23(33)30-15-14-29(18-31(30)24(34)37-26(4,5)6)21-13-12-20(16-27-21)28-22(32)35-17-19-10-8-7-9-11-19/h7-13,16H,14-15,17-18H2,1-6H3,(H,28,32). The fraction of sp³-hybridized carbons (Fsp3) is 0.462. The quantitative estimate of drug-likeness (QED) is 0.569. The number of benzene rings is 1. The molecule has 2 aromatic rings. The fourth-order valence-electron chi connectivity index (χ4n) is 3.33. The van der Waals surface area contributed by atoms with Crippen LogP contribution in [0.4, 0.5) is 25.9 Å². The number of aromatic nitrogens is 1. The number of carbonyl (C=O) groups excluding carboxylic acids is 3. The topological polar surface area (TPSA) is 114 Å². The lowest BCUT2D eigenvalue weighted by Gasteiger charge is -2.43. The van der Waals surface area contributed by atoms with Crippen LogP contribution >= 0.6 is 0 Å². The predicted molar refractivity (Wildman–Crippen MR) is 138 cm³/mol. The number of nitrogens with zero attached hydrogens (tertiary/aromatic N) is 4. The molecule has 0 radical (unpaired) electrons. The first kappa shape index (κ1) is 27.6. The Morgan fingerprint density at radius 1 is 0.865 bits per heavy atom. The molecule has 11 heteroatoms. The third-order valence-electron chi connectivity index (χ3n) is 4.92. The van der Waals surface area contributed by atoms with E-state index in [1.807, 2.05) is 35.2 Å². The minimum Gasteiger partial charge on any atom is -0.444 e. The van der Waals surface area contributed by atoms with Gasteiger partial charge < -0.3 is 19.1 Å². The molecule has 1 N–H and O–H groups in total. The van der Waals surface area contributed by atoms with E-state index in [4.69, 9.17) is 14.2 Å². The summed E-state index contributed by atoms with van der Waals surface area (Å²) in [5, 5.41) is 5.09. The van der Waals surface area contributed by atoms with Crippen molar-refractivity contribution in [1.82, 2.24) is 15.0 Å². The molecule has 37 heavy (non-hydrogen) atoms.